The number of rotatable bonds is 9. The second kappa shape index (κ2) is 11.8. The zero-order valence-electron chi connectivity index (χ0n) is 7.69. The molecule has 0 saturated heterocycles. The van der Waals surface area contributed by atoms with Crippen LogP contribution < -0.4 is 0 Å². The Kier molecular flexibility index (Phi) is 13.4. The van der Waals surface area contributed by atoms with Gasteiger partial charge in [0.2, 0.25) is 0 Å². The minimum atomic E-state index is 0.759. The van der Waals surface area contributed by atoms with Gasteiger partial charge in [-0.05, 0) is 23.7 Å². The zero-order chi connectivity index (χ0) is 9.94. The molecule has 5 heteroatoms. The van der Waals surface area contributed by atoms with Crippen LogP contribution in [0.25, 0.3) is 0 Å². The summed E-state index contributed by atoms with van der Waals surface area (Å²) in [4.78, 5) is 0. The second-order valence-electron chi connectivity index (χ2n) is 2.53. The fraction of sp³-hybridized carbons (Fsp3) is 1.00. The summed E-state index contributed by atoms with van der Waals surface area (Å²) in [6.45, 7) is 0. The molecule has 0 rings (SSSR count). The smallest absolute Gasteiger partial charge is 0.0146 e. The van der Waals surface area contributed by atoms with Crippen molar-refractivity contribution in [3.05, 3.63) is 0 Å². The third-order valence-corrected chi connectivity index (χ3v) is 5.40. The Bertz CT molecular complexity index is 98.5. The van der Waals surface area contributed by atoms with Gasteiger partial charge >= 0.3 is 0 Å². The minimum Gasteiger partial charge on any atom is -0.179 e. The molecule has 13 heavy (non-hydrogen) atoms. The lowest BCUT2D eigenvalue weighted by Gasteiger charge is -2.14. The average molecular weight is 275 g/mol. The molecule has 0 aromatic carbocycles. The van der Waals surface area contributed by atoms with E-state index in [4.69, 9.17) is 0 Å². The number of thiol groups is 3. The Hall–Kier alpha value is 1.75. The SMILES string of the molecule is SCCSCC(CCS)SCCS. The van der Waals surface area contributed by atoms with Crippen LogP contribution in [0.4, 0.5) is 0 Å². The molecule has 0 amide bonds. The van der Waals surface area contributed by atoms with Gasteiger partial charge in [-0.1, -0.05) is 0 Å². The van der Waals surface area contributed by atoms with Gasteiger partial charge in [-0.25, -0.2) is 0 Å². The molecule has 1 unspecified atom stereocenters. The van der Waals surface area contributed by atoms with Gasteiger partial charge in [-0.2, -0.15) is 61.4 Å². The lowest BCUT2D eigenvalue weighted by Crippen LogP contribution is -2.09. The van der Waals surface area contributed by atoms with Gasteiger partial charge in [0.25, 0.3) is 0 Å². The molecule has 0 spiro atoms. The number of thioether (sulfide) groups is 2. The molecule has 0 aliphatic carbocycles. The Labute approximate surface area is 107 Å². The van der Waals surface area contributed by atoms with Crippen molar-refractivity contribution in [2.45, 2.75) is 11.7 Å². The summed E-state index contributed by atoms with van der Waals surface area (Å²) in [6, 6.07) is 0. The van der Waals surface area contributed by atoms with Crippen molar-refractivity contribution >= 4 is 61.4 Å². The maximum Gasteiger partial charge on any atom is 0.0146 e. The van der Waals surface area contributed by atoms with Crippen LogP contribution in [-0.4, -0.2) is 39.8 Å². The van der Waals surface area contributed by atoms with Crippen molar-refractivity contribution in [3.8, 4) is 0 Å². The molecule has 0 aromatic heterocycles. The maximum absolute atomic E-state index is 4.27. The van der Waals surface area contributed by atoms with E-state index in [1.807, 2.05) is 23.5 Å². The van der Waals surface area contributed by atoms with Crippen LogP contribution in [-0.2, 0) is 0 Å². The number of hydrogen-bond donors (Lipinski definition) is 3. The van der Waals surface area contributed by atoms with Gasteiger partial charge in [0.05, 0.1) is 0 Å². The highest BCUT2D eigenvalue weighted by molar-refractivity contribution is 8.04. The first-order valence-electron chi connectivity index (χ1n) is 4.37. The van der Waals surface area contributed by atoms with Crippen molar-refractivity contribution < 1.29 is 0 Å². The molecular formula is C8H18S5. The molecule has 0 N–H and O–H groups in total. The van der Waals surface area contributed by atoms with Gasteiger partial charge in [0, 0.05) is 22.5 Å². The molecule has 0 nitrogen and oxygen atoms in total. The molecule has 0 heterocycles. The topological polar surface area (TPSA) is 0 Å². The molecule has 1 atom stereocenters. The lowest BCUT2D eigenvalue weighted by molar-refractivity contribution is 0.931. The zero-order valence-corrected chi connectivity index (χ0v) is 12.0. The molecule has 0 bridgehead atoms. The molecular weight excluding hydrogens is 256 g/mol. The van der Waals surface area contributed by atoms with Gasteiger partial charge in [0.15, 0.2) is 0 Å². The predicted molar refractivity (Wildman–Crippen MR) is 79.7 cm³/mol. The van der Waals surface area contributed by atoms with Crippen molar-refractivity contribution in [3.63, 3.8) is 0 Å². The van der Waals surface area contributed by atoms with Crippen LogP contribution in [0, 0.1) is 0 Å². The Balaban J connectivity index is 3.41. The van der Waals surface area contributed by atoms with Gasteiger partial charge < -0.3 is 0 Å². The molecule has 80 valence electrons. The highest BCUT2D eigenvalue weighted by Crippen LogP contribution is 2.20. The van der Waals surface area contributed by atoms with E-state index in [1.54, 1.807) is 0 Å². The van der Waals surface area contributed by atoms with E-state index in [1.165, 1.54) is 12.2 Å². The van der Waals surface area contributed by atoms with Crippen LogP contribution in [0.1, 0.15) is 6.42 Å². The minimum absolute atomic E-state index is 0.759. The molecule has 0 saturated carbocycles. The summed E-state index contributed by atoms with van der Waals surface area (Å²) in [7, 11) is 0. The summed E-state index contributed by atoms with van der Waals surface area (Å²) in [6.07, 6.45) is 1.21. The first-order chi connectivity index (χ1) is 6.35. The summed E-state index contributed by atoms with van der Waals surface area (Å²) < 4.78 is 0. The van der Waals surface area contributed by atoms with E-state index in [2.05, 4.69) is 37.9 Å². The van der Waals surface area contributed by atoms with Gasteiger partial charge in [-0.15, -0.1) is 0 Å². The highest BCUT2D eigenvalue weighted by Gasteiger charge is 2.07. The van der Waals surface area contributed by atoms with Crippen molar-refractivity contribution in [2.24, 2.45) is 0 Å². The van der Waals surface area contributed by atoms with E-state index >= 15 is 0 Å². The first-order valence-corrected chi connectivity index (χ1v) is 8.47. The van der Waals surface area contributed by atoms with Crippen molar-refractivity contribution in [1.82, 2.24) is 0 Å². The monoisotopic (exact) mass is 274 g/mol. The fourth-order valence-corrected chi connectivity index (χ4v) is 4.17. The van der Waals surface area contributed by atoms with E-state index in [0.29, 0.717) is 0 Å². The van der Waals surface area contributed by atoms with Gasteiger partial charge in [0.1, 0.15) is 0 Å². The Morgan fingerprint density at radius 1 is 0.923 bits per heavy atom. The summed E-state index contributed by atoms with van der Waals surface area (Å²) in [5.74, 6) is 6.50. The molecule has 0 radical (unpaired) electrons. The maximum atomic E-state index is 4.27. The van der Waals surface area contributed by atoms with Crippen LogP contribution in [0.5, 0.6) is 0 Å². The largest absolute Gasteiger partial charge is 0.179 e. The summed E-state index contributed by atoms with van der Waals surface area (Å²) in [5.41, 5.74) is 0. The molecule has 0 fully saturated rings. The first kappa shape index (κ1) is 14.8. The molecule has 0 aliphatic rings. The summed E-state index contributed by atoms with van der Waals surface area (Å²) in [5, 5.41) is 0.759. The van der Waals surface area contributed by atoms with E-state index < -0.39 is 0 Å². The normalized spacial score (nSPS) is 13.2. The van der Waals surface area contributed by atoms with Gasteiger partial charge in [-0.3, -0.25) is 0 Å². The van der Waals surface area contributed by atoms with E-state index in [-0.39, 0.29) is 0 Å². The molecule has 0 aromatic rings. The Morgan fingerprint density at radius 2 is 1.62 bits per heavy atom. The van der Waals surface area contributed by atoms with Crippen LogP contribution in [0.3, 0.4) is 0 Å². The average Bonchev–Trinajstić information content (AvgIpc) is 2.14. The van der Waals surface area contributed by atoms with Crippen LogP contribution in [0.15, 0.2) is 0 Å². The second-order valence-corrected chi connectivity index (χ2v) is 6.43. The van der Waals surface area contributed by atoms with Crippen molar-refractivity contribution in [2.75, 3.05) is 34.5 Å². The molecule has 0 aliphatic heterocycles. The summed E-state index contributed by atoms with van der Waals surface area (Å²) >= 11 is 16.7. The predicted octanol–water partition coefficient (Wildman–Crippen LogP) is 3.00. The van der Waals surface area contributed by atoms with Crippen LogP contribution in [0.2, 0.25) is 0 Å². The van der Waals surface area contributed by atoms with E-state index in [0.717, 1.165) is 34.0 Å². The third kappa shape index (κ3) is 10.0. The fourth-order valence-electron chi connectivity index (χ4n) is 0.857. The van der Waals surface area contributed by atoms with Crippen molar-refractivity contribution in [1.29, 1.82) is 0 Å². The quantitative estimate of drug-likeness (QED) is 0.437. The lowest BCUT2D eigenvalue weighted by atomic mass is 10.4. The third-order valence-electron chi connectivity index (χ3n) is 1.44. The Morgan fingerprint density at radius 3 is 2.15 bits per heavy atom. The highest BCUT2D eigenvalue weighted by atomic mass is 32.2. The van der Waals surface area contributed by atoms with Crippen LogP contribution >= 0.6 is 61.4 Å². The number of hydrogen-bond acceptors (Lipinski definition) is 5. The standard InChI is InChI=1S/C8H18S5/c9-2-1-8(13-6-4-11)7-12-5-3-10/h8-11H,1-7H2. The van der Waals surface area contributed by atoms with E-state index in [9.17, 15) is 0 Å².